The first kappa shape index (κ1) is 18.9. The monoisotopic (exact) mass is 352 g/mol. The van der Waals surface area contributed by atoms with Gasteiger partial charge in [-0.25, -0.2) is 0 Å². The molecular formula is C23H32N2O. The predicted molar refractivity (Wildman–Crippen MR) is 108 cm³/mol. The van der Waals surface area contributed by atoms with E-state index in [0.29, 0.717) is 11.8 Å². The third-order valence-electron chi connectivity index (χ3n) is 6.06. The second kappa shape index (κ2) is 7.02. The summed E-state index contributed by atoms with van der Waals surface area (Å²) in [6, 6.07) is 10.3. The van der Waals surface area contributed by atoms with Gasteiger partial charge in [-0.2, -0.15) is 0 Å². The van der Waals surface area contributed by atoms with Gasteiger partial charge in [-0.05, 0) is 61.1 Å². The smallest absolute Gasteiger partial charge is 0.230 e. The van der Waals surface area contributed by atoms with Crippen LogP contribution in [0.2, 0.25) is 0 Å². The molecule has 140 valence electrons. The number of hydrogen-bond acceptors (Lipinski definition) is 2. The highest BCUT2D eigenvalue weighted by Gasteiger charge is 2.47. The molecule has 1 amide bonds. The molecule has 1 N–H and O–H groups in total. The first-order chi connectivity index (χ1) is 12.2. The summed E-state index contributed by atoms with van der Waals surface area (Å²) < 4.78 is 0. The first-order valence-corrected chi connectivity index (χ1v) is 9.85. The first-order valence-electron chi connectivity index (χ1n) is 9.85. The van der Waals surface area contributed by atoms with E-state index in [-0.39, 0.29) is 11.3 Å². The van der Waals surface area contributed by atoms with E-state index in [0.717, 1.165) is 29.4 Å². The molecule has 0 spiro atoms. The van der Waals surface area contributed by atoms with Gasteiger partial charge in [-0.3, -0.25) is 9.78 Å². The molecule has 0 saturated heterocycles. The summed E-state index contributed by atoms with van der Waals surface area (Å²) in [5.41, 5.74) is 1.68. The van der Waals surface area contributed by atoms with Gasteiger partial charge in [0.1, 0.15) is 0 Å². The summed E-state index contributed by atoms with van der Waals surface area (Å²) in [5, 5.41) is 4.32. The van der Waals surface area contributed by atoms with Crippen molar-refractivity contribution in [3.8, 4) is 0 Å². The van der Waals surface area contributed by atoms with Crippen molar-refractivity contribution >= 4 is 16.8 Å². The van der Waals surface area contributed by atoms with Gasteiger partial charge in [0.25, 0.3) is 0 Å². The minimum Gasteiger partial charge on any atom is -0.355 e. The zero-order chi connectivity index (χ0) is 18.9. The van der Waals surface area contributed by atoms with Crippen molar-refractivity contribution in [1.82, 2.24) is 10.3 Å². The number of rotatable bonds is 6. The second-order valence-corrected chi connectivity index (χ2v) is 9.31. The molecule has 1 saturated carbocycles. The van der Waals surface area contributed by atoms with Gasteiger partial charge in [0.2, 0.25) is 5.91 Å². The molecule has 3 heteroatoms. The van der Waals surface area contributed by atoms with Gasteiger partial charge in [-0.1, -0.05) is 45.9 Å². The fourth-order valence-corrected chi connectivity index (χ4v) is 3.76. The maximum absolute atomic E-state index is 13.3. The number of amides is 1. The van der Waals surface area contributed by atoms with Gasteiger partial charge in [0.05, 0.1) is 10.9 Å². The molecule has 2 unspecified atom stereocenters. The summed E-state index contributed by atoms with van der Waals surface area (Å²) in [5.74, 6) is 1.08. The molecular weight excluding hydrogens is 320 g/mol. The highest BCUT2D eigenvalue weighted by atomic mass is 16.2. The van der Waals surface area contributed by atoms with Crippen LogP contribution in [0.15, 0.2) is 36.5 Å². The Kier molecular flexibility index (Phi) is 5.09. The van der Waals surface area contributed by atoms with Crippen LogP contribution in [0.1, 0.15) is 59.4 Å². The molecule has 3 nitrogen and oxygen atoms in total. The third-order valence-corrected chi connectivity index (χ3v) is 6.06. The Morgan fingerprint density at radius 2 is 1.92 bits per heavy atom. The zero-order valence-electron chi connectivity index (χ0n) is 16.8. The molecule has 3 rings (SSSR count). The van der Waals surface area contributed by atoms with Gasteiger partial charge < -0.3 is 5.32 Å². The summed E-state index contributed by atoms with van der Waals surface area (Å²) in [6.45, 7) is 11.7. The molecule has 0 radical (unpaired) electrons. The molecule has 1 aliphatic carbocycles. The summed E-state index contributed by atoms with van der Waals surface area (Å²) >= 11 is 0. The van der Waals surface area contributed by atoms with Crippen molar-refractivity contribution < 1.29 is 4.79 Å². The normalized spacial score (nSPS) is 18.3. The van der Waals surface area contributed by atoms with E-state index < -0.39 is 5.41 Å². The molecule has 1 aromatic heterocycles. The summed E-state index contributed by atoms with van der Waals surface area (Å²) in [7, 11) is 0. The van der Waals surface area contributed by atoms with Crippen LogP contribution in [0.3, 0.4) is 0 Å². The van der Waals surface area contributed by atoms with E-state index in [1.165, 1.54) is 12.8 Å². The van der Waals surface area contributed by atoms with E-state index in [2.05, 4.69) is 57.1 Å². The van der Waals surface area contributed by atoms with Crippen molar-refractivity contribution in [3.05, 3.63) is 42.1 Å². The zero-order valence-corrected chi connectivity index (χ0v) is 16.8. The predicted octanol–water partition coefficient (Wildman–Crippen LogP) is 5.09. The van der Waals surface area contributed by atoms with E-state index in [4.69, 9.17) is 0 Å². The maximum Gasteiger partial charge on any atom is 0.230 e. The van der Waals surface area contributed by atoms with Crippen LogP contribution in [-0.4, -0.2) is 17.4 Å². The number of pyridine rings is 1. The van der Waals surface area contributed by atoms with Crippen LogP contribution < -0.4 is 5.32 Å². The Balaban J connectivity index is 1.91. The van der Waals surface area contributed by atoms with Crippen molar-refractivity contribution in [2.45, 2.75) is 59.3 Å². The number of hydrogen-bond donors (Lipinski definition) is 1. The van der Waals surface area contributed by atoms with E-state index in [9.17, 15) is 4.79 Å². The average Bonchev–Trinajstić information content (AvgIpc) is 3.43. The van der Waals surface area contributed by atoms with Crippen LogP contribution in [0.4, 0.5) is 0 Å². The van der Waals surface area contributed by atoms with Crippen molar-refractivity contribution in [2.75, 3.05) is 6.54 Å². The van der Waals surface area contributed by atoms with Gasteiger partial charge in [0, 0.05) is 18.1 Å². The Bertz CT molecular complexity index is 788. The highest BCUT2D eigenvalue weighted by molar-refractivity contribution is 5.90. The molecule has 1 fully saturated rings. The van der Waals surface area contributed by atoms with Gasteiger partial charge in [0.15, 0.2) is 0 Å². The van der Waals surface area contributed by atoms with E-state index >= 15 is 0 Å². The minimum atomic E-state index is -0.546. The van der Waals surface area contributed by atoms with Crippen LogP contribution in [0.5, 0.6) is 0 Å². The van der Waals surface area contributed by atoms with Crippen molar-refractivity contribution in [3.63, 3.8) is 0 Å². The van der Waals surface area contributed by atoms with Crippen LogP contribution >= 0.6 is 0 Å². The number of nitrogens with one attached hydrogen (secondary N) is 1. The Hall–Kier alpha value is -1.90. The van der Waals surface area contributed by atoms with E-state index in [1.807, 2.05) is 24.4 Å². The molecule has 1 aromatic carbocycles. The molecule has 2 aromatic rings. The standard InChI is InChI=1S/C23H32N2O/c1-16(17-10-11-17)23(5,21(26)24-13-12-22(2,3)4)19-14-18-8-6-7-9-20(18)25-15-19/h6-9,14-17H,10-13H2,1-5H3,(H,24,26). The molecule has 2 atom stereocenters. The Morgan fingerprint density at radius 3 is 2.58 bits per heavy atom. The lowest BCUT2D eigenvalue weighted by Gasteiger charge is -2.35. The van der Waals surface area contributed by atoms with Crippen molar-refractivity contribution in [2.24, 2.45) is 17.3 Å². The molecule has 0 bridgehead atoms. The molecule has 0 aliphatic heterocycles. The largest absolute Gasteiger partial charge is 0.355 e. The SMILES string of the molecule is CC(C1CC1)C(C)(C(=O)NCCC(C)(C)C)c1cnc2ccccc2c1. The van der Waals surface area contributed by atoms with Crippen molar-refractivity contribution in [1.29, 1.82) is 0 Å². The van der Waals surface area contributed by atoms with E-state index in [1.54, 1.807) is 0 Å². The fourth-order valence-electron chi connectivity index (χ4n) is 3.76. The average molecular weight is 353 g/mol. The number of para-hydroxylation sites is 1. The van der Waals surface area contributed by atoms with Gasteiger partial charge >= 0.3 is 0 Å². The topological polar surface area (TPSA) is 42.0 Å². The lowest BCUT2D eigenvalue weighted by Crippen LogP contribution is -2.48. The maximum atomic E-state index is 13.3. The van der Waals surface area contributed by atoms with Crippen LogP contribution in [0.25, 0.3) is 10.9 Å². The molecule has 1 aliphatic rings. The quantitative estimate of drug-likeness (QED) is 0.786. The van der Waals surface area contributed by atoms with Crippen LogP contribution in [-0.2, 0) is 10.2 Å². The number of carbonyl (C=O) groups is 1. The van der Waals surface area contributed by atoms with Crippen LogP contribution in [0, 0.1) is 17.3 Å². The molecule has 26 heavy (non-hydrogen) atoms. The third kappa shape index (κ3) is 3.92. The lowest BCUT2D eigenvalue weighted by atomic mass is 9.70. The Morgan fingerprint density at radius 1 is 1.23 bits per heavy atom. The fraction of sp³-hybridized carbons (Fsp3) is 0.565. The number of carbonyl (C=O) groups excluding carboxylic acids is 1. The second-order valence-electron chi connectivity index (χ2n) is 9.31. The number of fused-ring (bicyclic) bond motifs is 1. The Labute approximate surface area is 157 Å². The summed E-state index contributed by atoms with van der Waals surface area (Å²) in [4.78, 5) is 18.0. The highest BCUT2D eigenvalue weighted by Crippen LogP contribution is 2.47. The lowest BCUT2D eigenvalue weighted by molar-refractivity contribution is -0.128. The minimum absolute atomic E-state index is 0.137. The number of aromatic nitrogens is 1. The summed E-state index contributed by atoms with van der Waals surface area (Å²) in [6.07, 6.45) is 5.34. The van der Waals surface area contributed by atoms with Gasteiger partial charge in [-0.15, -0.1) is 0 Å². The number of nitrogens with zero attached hydrogens (tertiary/aromatic N) is 1. The molecule has 1 heterocycles. The number of benzene rings is 1.